The maximum atomic E-state index is 8.93. The number of hydrogen-bond donors (Lipinski definition) is 3. The second-order valence-electron chi connectivity index (χ2n) is 6.55. The van der Waals surface area contributed by atoms with Crippen LogP contribution < -0.4 is 10.6 Å². The lowest BCUT2D eigenvalue weighted by Crippen LogP contribution is -2.39. The van der Waals surface area contributed by atoms with Crippen molar-refractivity contribution >= 4 is 11.8 Å². The van der Waals surface area contributed by atoms with E-state index in [1.54, 1.807) is 0 Å². The number of aliphatic hydroxyl groups excluding tert-OH is 1. The summed E-state index contributed by atoms with van der Waals surface area (Å²) >= 11 is 0. The molecule has 3 rings (SSSR count). The highest BCUT2D eigenvalue weighted by molar-refractivity contribution is 5.42. The number of anilines is 2. The van der Waals surface area contributed by atoms with Crippen LogP contribution in [0.5, 0.6) is 0 Å². The summed E-state index contributed by atoms with van der Waals surface area (Å²) in [5.74, 6) is 1.42. The molecule has 0 amide bonds. The fraction of sp³-hybridized carbons (Fsp3) is 0.474. The van der Waals surface area contributed by atoms with Crippen LogP contribution in [0.3, 0.4) is 0 Å². The molecule has 0 atom stereocenters. The first kappa shape index (κ1) is 17.6. The van der Waals surface area contributed by atoms with Crippen molar-refractivity contribution in [3.8, 4) is 0 Å². The molecule has 1 saturated heterocycles. The first-order chi connectivity index (χ1) is 12.2. The van der Waals surface area contributed by atoms with Gasteiger partial charge in [-0.1, -0.05) is 30.3 Å². The fourth-order valence-corrected chi connectivity index (χ4v) is 3.17. The Morgan fingerprint density at radius 2 is 1.92 bits per heavy atom. The Kier molecular flexibility index (Phi) is 6.19. The van der Waals surface area contributed by atoms with Gasteiger partial charge < -0.3 is 15.7 Å². The van der Waals surface area contributed by atoms with Crippen molar-refractivity contribution in [3.63, 3.8) is 0 Å². The summed E-state index contributed by atoms with van der Waals surface area (Å²) in [5.41, 5.74) is 2.29. The molecule has 1 aromatic heterocycles. The minimum absolute atomic E-state index is 0.0890. The maximum absolute atomic E-state index is 8.93. The molecule has 1 aliphatic rings. The van der Waals surface area contributed by atoms with Gasteiger partial charge in [-0.3, -0.25) is 4.90 Å². The molecule has 0 spiro atoms. The van der Waals surface area contributed by atoms with Gasteiger partial charge >= 0.3 is 0 Å². The third-order valence-electron chi connectivity index (χ3n) is 4.44. The van der Waals surface area contributed by atoms with E-state index in [9.17, 15) is 0 Å². The van der Waals surface area contributed by atoms with Gasteiger partial charge in [0.05, 0.1) is 6.61 Å². The lowest BCUT2D eigenvalue weighted by atomic mass is 10.0. The molecule has 25 heavy (non-hydrogen) atoms. The molecule has 134 valence electrons. The van der Waals surface area contributed by atoms with E-state index in [1.807, 2.05) is 13.0 Å². The zero-order chi connectivity index (χ0) is 17.5. The van der Waals surface area contributed by atoms with Crippen LogP contribution in [0.25, 0.3) is 0 Å². The number of likely N-dealkylation sites (tertiary alicyclic amines) is 1. The molecule has 0 bridgehead atoms. The van der Waals surface area contributed by atoms with E-state index >= 15 is 0 Å². The molecule has 2 heterocycles. The fourth-order valence-electron chi connectivity index (χ4n) is 3.17. The number of benzene rings is 1. The van der Waals surface area contributed by atoms with Crippen molar-refractivity contribution < 1.29 is 5.11 Å². The second-order valence-corrected chi connectivity index (χ2v) is 6.55. The Labute approximate surface area is 149 Å². The molecule has 0 saturated carbocycles. The summed E-state index contributed by atoms with van der Waals surface area (Å²) in [6.45, 7) is 5.71. The second kappa shape index (κ2) is 8.78. The van der Waals surface area contributed by atoms with E-state index in [2.05, 4.69) is 55.8 Å². The molecular formula is C19H27N5O. The van der Waals surface area contributed by atoms with Crippen molar-refractivity contribution in [2.24, 2.45) is 0 Å². The number of piperidine rings is 1. The highest BCUT2D eigenvalue weighted by atomic mass is 16.3. The molecule has 1 aliphatic heterocycles. The number of nitrogens with zero attached hydrogens (tertiary/aromatic N) is 3. The van der Waals surface area contributed by atoms with E-state index in [4.69, 9.17) is 5.11 Å². The average Bonchev–Trinajstić information content (AvgIpc) is 2.62. The number of nitrogens with one attached hydrogen (secondary N) is 2. The van der Waals surface area contributed by atoms with Gasteiger partial charge in [0.25, 0.3) is 0 Å². The lowest BCUT2D eigenvalue weighted by molar-refractivity contribution is 0.211. The zero-order valence-electron chi connectivity index (χ0n) is 14.8. The van der Waals surface area contributed by atoms with Crippen LogP contribution in [0.1, 0.15) is 24.1 Å². The van der Waals surface area contributed by atoms with Crippen molar-refractivity contribution in [3.05, 3.63) is 47.7 Å². The predicted octanol–water partition coefficient (Wildman–Crippen LogP) is 2.27. The molecule has 1 fully saturated rings. The standard InChI is InChI=1S/C19H27N5O/c1-15-13-18(20-9-12-25)23-19(21-15)22-17-7-10-24(11-8-17)14-16-5-3-2-4-6-16/h2-6,13,17,25H,7-12,14H2,1H3,(H2,20,21,22,23). The van der Waals surface area contributed by atoms with Gasteiger partial charge in [0.2, 0.25) is 5.95 Å². The zero-order valence-corrected chi connectivity index (χ0v) is 14.8. The largest absolute Gasteiger partial charge is 0.395 e. The molecular weight excluding hydrogens is 314 g/mol. The Morgan fingerprint density at radius 1 is 1.16 bits per heavy atom. The predicted molar refractivity (Wildman–Crippen MR) is 101 cm³/mol. The Morgan fingerprint density at radius 3 is 2.64 bits per heavy atom. The summed E-state index contributed by atoms with van der Waals surface area (Å²) < 4.78 is 0. The molecule has 1 aromatic carbocycles. The van der Waals surface area contributed by atoms with Crippen LogP contribution in [0.2, 0.25) is 0 Å². The topological polar surface area (TPSA) is 73.3 Å². The van der Waals surface area contributed by atoms with E-state index in [0.29, 0.717) is 18.5 Å². The van der Waals surface area contributed by atoms with E-state index in [0.717, 1.165) is 44.0 Å². The van der Waals surface area contributed by atoms with Gasteiger partial charge in [-0.25, -0.2) is 4.98 Å². The van der Waals surface area contributed by atoms with Crippen molar-refractivity contribution in [2.45, 2.75) is 32.4 Å². The van der Waals surface area contributed by atoms with Crippen molar-refractivity contribution in [1.29, 1.82) is 0 Å². The normalized spacial score (nSPS) is 15.9. The van der Waals surface area contributed by atoms with Gasteiger partial charge in [-0.15, -0.1) is 0 Å². The van der Waals surface area contributed by atoms with Crippen LogP contribution in [-0.4, -0.2) is 52.3 Å². The molecule has 0 aliphatic carbocycles. The smallest absolute Gasteiger partial charge is 0.225 e. The quantitative estimate of drug-likeness (QED) is 0.717. The summed E-state index contributed by atoms with van der Waals surface area (Å²) in [6, 6.07) is 12.9. The van der Waals surface area contributed by atoms with E-state index < -0.39 is 0 Å². The summed E-state index contributed by atoms with van der Waals surface area (Å²) in [5, 5.41) is 15.5. The molecule has 2 aromatic rings. The van der Waals surface area contributed by atoms with Crippen LogP contribution >= 0.6 is 0 Å². The first-order valence-corrected chi connectivity index (χ1v) is 8.96. The van der Waals surface area contributed by atoms with Crippen LogP contribution in [0, 0.1) is 6.92 Å². The van der Waals surface area contributed by atoms with Crippen LogP contribution in [0.15, 0.2) is 36.4 Å². The van der Waals surface area contributed by atoms with Gasteiger partial charge in [0.15, 0.2) is 0 Å². The Bertz CT molecular complexity index is 656. The molecule has 3 N–H and O–H groups in total. The highest BCUT2D eigenvalue weighted by Gasteiger charge is 2.20. The van der Waals surface area contributed by atoms with Gasteiger partial charge in [-0.2, -0.15) is 4.98 Å². The number of aryl methyl sites for hydroxylation is 1. The molecule has 0 unspecified atom stereocenters. The number of aromatic nitrogens is 2. The van der Waals surface area contributed by atoms with Gasteiger partial charge in [0.1, 0.15) is 5.82 Å². The molecule has 6 heteroatoms. The summed E-state index contributed by atoms with van der Waals surface area (Å²) in [6.07, 6.45) is 2.17. The number of aliphatic hydroxyl groups is 1. The number of rotatable bonds is 7. The van der Waals surface area contributed by atoms with Crippen molar-refractivity contribution in [2.75, 3.05) is 36.9 Å². The monoisotopic (exact) mass is 341 g/mol. The van der Waals surface area contributed by atoms with Gasteiger partial charge in [-0.05, 0) is 25.3 Å². The first-order valence-electron chi connectivity index (χ1n) is 8.96. The highest BCUT2D eigenvalue weighted by Crippen LogP contribution is 2.18. The minimum atomic E-state index is 0.0890. The lowest BCUT2D eigenvalue weighted by Gasteiger charge is -2.32. The van der Waals surface area contributed by atoms with E-state index in [-0.39, 0.29) is 6.61 Å². The van der Waals surface area contributed by atoms with Crippen LogP contribution in [0.4, 0.5) is 11.8 Å². The third-order valence-corrected chi connectivity index (χ3v) is 4.44. The van der Waals surface area contributed by atoms with E-state index in [1.165, 1.54) is 5.56 Å². The SMILES string of the molecule is Cc1cc(NCCO)nc(NC2CCN(Cc3ccccc3)CC2)n1. The third kappa shape index (κ3) is 5.41. The van der Waals surface area contributed by atoms with Gasteiger partial charge in [0, 0.05) is 44.0 Å². The molecule has 6 nitrogen and oxygen atoms in total. The van der Waals surface area contributed by atoms with Crippen molar-refractivity contribution in [1.82, 2.24) is 14.9 Å². The summed E-state index contributed by atoms with van der Waals surface area (Å²) in [4.78, 5) is 11.5. The van der Waals surface area contributed by atoms with Crippen LogP contribution in [-0.2, 0) is 6.54 Å². The maximum Gasteiger partial charge on any atom is 0.225 e. The average molecular weight is 341 g/mol. The summed E-state index contributed by atoms with van der Waals surface area (Å²) in [7, 11) is 0. The number of hydrogen-bond acceptors (Lipinski definition) is 6. The molecule has 0 radical (unpaired) electrons. The Hall–Kier alpha value is -2.18. The minimum Gasteiger partial charge on any atom is -0.395 e. The Balaban J connectivity index is 1.51.